The number of nitro groups is 1. The monoisotopic (exact) mass is 312 g/mol. The molecule has 0 radical (unpaired) electrons. The van der Waals surface area contributed by atoms with E-state index in [0.29, 0.717) is 24.6 Å². The van der Waals surface area contributed by atoms with Crippen LogP contribution < -0.4 is 0 Å². The fraction of sp³-hybridized carbons (Fsp3) is 0.571. The number of non-ortho nitro benzene ring substituents is 1. The van der Waals surface area contributed by atoms with Crippen molar-refractivity contribution in [3.05, 3.63) is 39.9 Å². The lowest BCUT2D eigenvalue weighted by atomic mass is 10.2. The summed E-state index contributed by atoms with van der Waals surface area (Å²) in [6.45, 7) is 3.09. The highest BCUT2D eigenvalue weighted by atomic mass is 32.2. The molecule has 1 aliphatic rings. The highest BCUT2D eigenvalue weighted by Crippen LogP contribution is 2.31. The van der Waals surface area contributed by atoms with Crippen molar-refractivity contribution in [1.29, 1.82) is 0 Å². The second-order valence-corrected chi connectivity index (χ2v) is 7.45. The summed E-state index contributed by atoms with van der Waals surface area (Å²) in [6.07, 6.45) is 2.99. The molecule has 0 aliphatic heterocycles. The van der Waals surface area contributed by atoms with Crippen LogP contribution in [0.25, 0.3) is 0 Å². The Morgan fingerprint density at radius 2 is 1.90 bits per heavy atom. The van der Waals surface area contributed by atoms with Crippen molar-refractivity contribution in [3.8, 4) is 0 Å². The molecule has 1 aliphatic carbocycles. The third-order valence-corrected chi connectivity index (χ3v) is 5.34. The summed E-state index contributed by atoms with van der Waals surface area (Å²) < 4.78 is 26.5. The van der Waals surface area contributed by atoms with E-state index in [1.165, 1.54) is 24.3 Å². The maximum Gasteiger partial charge on any atom is 0.269 e. The SMILES string of the molecule is CCCN(CC1CC1)S(=O)(=O)Cc1ccc([N+](=O)[O-])cc1. The van der Waals surface area contributed by atoms with E-state index < -0.39 is 14.9 Å². The van der Waals surface area contributed by atoms with E-state index in [9.17, 15) is 18.5 Å². The molecule has 116 valence electrons. The Balaban J connectivity index is 2.08. The molecule has 0 spiro atoms. The highest BCUT2D eigenvalue weighted by molar-refractivity contribution is 7.88. The van der Waals surface area contributed by atoms with Crippen LogP contribution in [0.1, 0.15) is 31.7 Å². The smallest absolute Gasteiger partial charge is 0.258 e. The van der Waals surface area contributed by atoms with E-state index in [-0.39, 0.29) is 11.4 Å². The summed E-state index contributed by atoms with van der Waals surface area (Å²) >= 11 is 0. The maximum atomic E-state index is 12.5. The van der Waals surface area contributed by atoms with Gasteiger partial charge in [-0.3, -0.25) is 10.1 Å². The van der Waals surface area contributed by atoms with Crippen LogP contribution in [-0.4, -0.2) is 30.7 Å². The van der Waals surface area contributed by atoms with Crippen molar-refractivity contribution in [1.82, 2.24) is 4.31 Å². The molecule has 0 N–H and O–H groups in total. The van der Waals surface area contributed by atoms with E-state index in [4.69, 9.17) is 0 Å². The number of benzene rings is 1. The second kappa shape index (κ2) is 6.53. The number of nitrogens with zero attached hydrogens (tertiary/aromatic N) is 2. The molecule has 2 rings (SSSR count). The lowest BCUT2D eigenvalue weighted by Gasteiger charge is -2.21. The summed E-state index contributed by atoms with van der Waals surface area (Å²) in [4.78, 5) is 10.1. The van der Waals surface area contributed by atoms with E-state index >= 15 is 0 Å². The van der Waals surface area contributed by atoms with E-state index in [1.54, 1.807) is 4.31 Å². The van der Waals surface area contributed by atoms with Crippen molar-refractivity contribution in [2.75, 3.05) is 13.1 Å². The molecule has 0 saturated heterocycles. The predicted molar refractivity (Wildman–Crippen MR) is 80.3 cm³/mol. The summed E-state index contributed by atoms with van der Waals surface area (Å²) in [5.41, 5.74) is 0.553. The lowest BCUT2D eigenvalue weighted by molar-refractivity contribution is -0.384. The normalized spacial score (nSPS) is 15.3. The zero-order valence-electron chi connectivity index (χ0n) is 12.1. The fourth-order valence-corrected chi connectivity index (χ4v) is 3.89. The Hall–Kier alpha value is -1.47. The van der Waals surface area contributed by atoms with E-state index in [0.717, 1.165) is 19.3 Å². The first-order valence-electron chi connectivity index (χ1n) is 7.13. The van der Waals surface area contributed by atoms with Crippen molar-refractivity contribution < 1.29 is 13.3 Å². The molecule has 21 heavy (non-hydrogen) atoms. The Kier molecular flexibility index (Phi) is 4.95. The van der Waals surface area contributed by atoms with Gasteiger partial charge in [0.25, 0.3) is 5.69 Å². The Bertz CT molecular complexity index is 594. The van der Waals surface area contributed by atoms with E-state index in [2.05, 4.69) is 0 Å². The van der Waals surface area contributed by atoms with Crippen LogP contribution in [-0.2, 0) is 15.8 Å². The van der Waals surface area contributed by atoms with Crippen LogP contribution in [0.3, 0.4) is 0 Å². The van der Waals surface area contributed by atoms with Gasteiger partial charge in [0.1, 0.15) is 0 Å². The zero-order valence-corrected chi connectivity index (χ0v) is 12.9. The van der Waals surface area contributed by atoms with Gasteiger partial charge >= 0.3 is 0 Å². The predicted octanol–water partition coefficient (Wildman–Crippen LogP) is 2.55. The van der Waals surface area contributed by atoms with Crippen LogP contribution in [0.2, 0.25) is 0 Å². The van der Waals surface area contributed by atoms with E-state index in [1.807, 2.05) is 6.92 Å². The van der Waals surface area contributed by atoms with Gasteiger partial charge in [0.2, 0.25) is 10.0 Å². The number of rotatable bonds is 8. The summed E-state index contributed by atoms with van der Waals surface area (Å²) in [7, 11) is -3.36. The Morgan fingerprint density at radius 3 is 2.38 bits per heavy atom. The first-order valence-corrected chi connectivity index (χ1v) is 8.74. The average molecular weight is 312 g/mol. The second-order valence-electron chi connectivity index (χ2n) is 5.48. The molecule has 1 saturated carbocycles. The van der Waals surface area contributed by atoms with Gasteiger partial charge in [0, 0.05) is 25.2 Å². The molecular weight excluding hydrogens is 292 g/mol. The first-order chi connectivity index (χ1) is 9.92. The average Bonchev–Trinajstić information content (AvgIpc) is 3.22. The summed E-state index contributed by atoms with van der Waals surface area (Å²) in [5, 5.41) is 10.6. The number of hydrogen-bond donors (Lipinski definition) is 0. The molecule has 6 nitrogen and oxygen atoms in total. The van der Waals surface area contributed by atoms with Gasteiger partial charge in [-0.05, 0) is 30.7 Å². The third-order valence-electron chi connectivity index (χ3n) is 3.52. The molecule has 1 fully saturated rings. The minimum Gasteiger partial charge on any atom is -0.258 e. The van der Waals surface area contributed by atoms with Crippen LogP contribution in [0, 0.1) is 16.0 Å². The number of sulfonamides is 1. The topological polar surface area (TPSA) is 80.5 Å². The third kappa shape index (κ3) is 4.50. The van der Waals surface area contributed by atoms with Crippen molar-refractivity contribution >= 4 is 15.7 Å². The fourth-order valence-electron chi connectivity index (χ4n) is 2.20. The lowest BCUT2D eigenvalue weighted by Crippen LogP contribution is -2.34. The van der Waals surface area contributed by atoms with Gasteiger partial charge < -0.3 is 0 Å². The molecule has 0 unspecified atom stereocenters. The summed E-state index contributed by atoms with van der Waals surface area (Å²) in [6, 6.07) is 5.71. The largest absolute Gasteiger partial charge is 0.269 e. The van der Waals surface area contributed by atoms with Crippen molar-refractivity contribution in [2.45, 2.75) is 31.9 Å². The van der Waals surface area contributed by atoms with Crippen LogP contribution in [0.15, 0.2) is 24.3 Å². The van der Waals surface area contributed by atoms with Crippen molar-refractivity contribution in [3.63, 3.8) is 0 Å². The molecule has 7 heteroatoms. The van der Waals surface area contributed by atoms with Crippen LogP contribution in [0.5, 0.6) is 0 Å². The van der Waals surface area contributed by atoms with Gasteiger partial charge in [-0.1, -0.05) is 19.1 Å². The molecule has 0 aromatic heterocycles. The molecule has 0 atom stereocenters. The highest BCUT2D eigenvalue weighted by Gasteiger charge is 2.30. The van der Waals surface area contributed by atoms with Gasteiger partial charge in [-0.15, -0.1) is 0 Å². The number of hydrogen-bond acceptors (Lipinski definition) is 4. The molecule has 1 aromatic carbocycles. The standard InChI is InChI=1S/C14H20N2O4S/c1-2-9-15(10-12-3-4-12)21(19,20)11-13-5-7-14(8-6-13)16(17)18/h5-8,12H,2-4,9-11H2,1H3. The molecule has 1 aromatic rings. The minimum absolute atomic E-state index is 0.0282. The molecule has 0 heterocycles. The first kappa shape index (κ1) is 15.9. The summed E-state index contributed by atoms with van der Waals surface area (Å²) in [5.74, 6) is 0.403. The van der Waals surface area contributed by atoms with Crippen molar-refractivity contribution in [2.24, 2.45) is 5.92 Å². The van der Waals surface area contributed by atoms with Crippen LogP contribution in [0.4, 0.5) is 5.69 Å². The van der Waals surface area contributed by atoms with Gasteiger partial charge in [-0.25, -0.2) is 12.7 Å². The molecular formula is C14H20N2O4S. The van der Waals surface area contributed by atoms with Gasteiger partial charge in [0.15, 0.2) is 0 Å². The van der Waals surface area contributed by atoms with Gasteiger partial charge in [0.05, 0.1) is 10.7 Å². The zero-order chi connectivity index (χ0) is 15.5. The Morgan fingerprint density at radius 1 is 1.29 bits per heavy atom. The van der Waals surface area contributed by atoms with Crippen LogP contribution >= 0.6 is 0 Å². The van der Waals surface area contributed by atoms with Gasteiger partial charge in [-0.2, -0.15) is 0 Å². The molecule has 0 bridgehead atoms. The quantitative estimate of drug-likeness (QED) is 0.545. The minimum atomic E-state index is -3.36. The Labute approximate surface area is 125 Å². The number of nitro benzene ring substituents is 1. The maximum absolute atomic E-state index is 12.5. The molecule has 0 amide bonds.